The molecule has 2 bridgehead atoms. The second kappa shape index (κ2) is 7.94. The summed E-state index contributed by atoms with van der Waals surface area (Å²) in [5.41, 5.74) is 0. The number of hydrogen-bond donors (Lipinski definition) is 1. The fraction of sp³-hybridized carbons (Fsp3) is 0.917. The highest BCUT2D eigenvalue weighted by Crippen LogP contribution is 2.27. The number of nitrogens with zero attached hydrogens (tertiary/aromatic N) is 1. The Balaban J connectivity index is 0.00000162. The monoisotopic (exact) mass is 278 g/mol. The minimum absolute atomic E-state index is 0. The van der Waals surface area contributed by atoms with Gasteiger partial charge in [-0.05, 0) is 25.8 Å². The van der Waals surface area contributed by atoms with Crippen molar-refractivity contribution in [3.8, 4) is 0 Å². The number of methoxy groups -OCH3 is 1. The van der Waals surface area contributed by atoms with Crippen molar-refractivity contribution in [3.05, 3.63) is 0 Å². The standard InChI is InChI=1S/C12H22N2O3.ClH/c1-16-6-7-17-9-12(15)14-10-2-3-11(14)8-13-5-4-10;/h10-11,13H,2-9H2,1H3;1H. The number of ether oxygens (including phenoxy) is 2. The highest BCUT2D eigenvalue weighted by Gasteiger charge is 2.37. The van der Waals surface area contributed by atoms with Crippen LogP contribution >= 0.6 is 12.4 Å². The Hall–Kier alpha value is -0.360. The number of carbonyl (C=O) groups is 1. The molecule has 2 saturated heterocycles. The van der Waals surface area contributed by atoms with E-state index in [1.807, 2.05) is 4.90 Å². The first-order valence-corrected chi connectivity index (χ1v) is 6.41. The van der Waals surface area contributed by atoms with Crippen LogP contribution < -0.4 is 5.32 Å². The summed E-state index contributed by atoms with van der Waals surface area (Å²) >= 11 is 0. The van der Waals surface area contributed by atoms with Gasteiger partial charge in [-0.1, -0.05) is 0 Å². The van der Waals surface area contributed by atoms with Crippen molar-refractivity contribution in [2.45, 2.75) is 31.3 Å². The molecular weight excluding hydrogens is 256 g/mol. The lowest BCUT2D eigenvalue weighted by Crippen LogP contribution is -2.44. The predicted octanol–water partition coefficient (Wildman–Crippen LogP) is 0.424. The molecule has 2 aliphatic rings. The maximum Gasteiger partial charge on any atom is 0.249 e. The average molecular weight is 279 g/mol. The molecule has 18 heavy (non-hydrogen) atoms. The van der Waals surface area contributed by atoms with Gasteiger partial charge in [0.15, 0.2) is 0 Å². The number of carbonyl (C=O) groups excluding carboxylic acids is 1. The zero-order valence-electron chi connectivity index (χ0n) is 10.9. The van der Waals surface area contributed by atoms with Gasteiger partial charge >= 0.3 is 0 Å². The molecule has 2 heterocycles. The first-order valence-electron chi connectivity index (χ1n) is 6.41. The van der Waals surface area contributed by atoms with E-state index in [0.29, 0.717) is 25.3 Å². The maximum atomic E-state index is 12.1. The second-order valence-electron chi connectivity index (χ2n) is 4.72. The zero-order valence-corrected chi connectivity index (χ0v) is 11.7. The average Bonchev–Trinajstić information content (AvgIpc) is 2.58. The summed E-state index contributed by atoms with van der Waals surface area (Å²) in [7, 11) is 1.63. The summed E-state index contributed by atoms with van der Waals surface area (Å²) in [5.74, 6) is 0.136. The minimum Gasteiger partial charge on any atom is -0.382 e. The molecule has 0 aromatic rings. The second-order valence-corrected chi connectivity index (χ2v) is 4.72. The van der Waals surface area contributed by atoms with E-state index in [9.17, 15) is 4.79 Å². The van der Waals surface area contributed by atoms with Crippen LogP contribution in [0.5, 0.6) is 0 Å². The number of nitrogens with one attached hydrogen (secondary N) is 1. The van der Waals surface area contributed by atoms with Crippen LogP contribution in [0.4, 0.5) is 0 Å². The summed E-state index contributed by atoms with van der Waals surface area (Å²) < 4.78 is 10.2. The van der Waals surface area contributed by atoms with Gasteiger partial charge in [-0.2, -0.15) is 0 Å². The van der Waals surface area contributed by atoms with Gasteiger partial charge in [0.1, 0.15) is 6.61 Å². The van der Waals surface area contributed by atoms with Crippen molar-refractivity contribution in [1.29, 1.82) is 0 Å². The molecule has 5 nitrogen and oxygen atoms in total. The van der Waals surface area contributed by atoms with E-state index >= 15 is 0 Å². The van der Waals surface area contributed by atoms with E-state index in [4.69, 9.17) is 9.47 Å². The molecule has 6 heteroatoms. The molecule has 0 spiro atoms. The third-order valence-electron chi connectivity index (χ3n) is 3.60. The van der Waals surface area contributed by atoms with Crippen LogP contribution in [0.25, 0.3) is 0 Å². The van der Waals surface area contributed by atoms with Gasteiger partial charge in [0.2, 0.25) is 5.91 Å². The van der Waals surface area contributed by atoms with E-state index in [0.717, 1.165) is 32.4 Å². The first-order chi connectivity index (χ1) is 8.33. The van der Waals surface area contributed by atoms with Gasteiger partial charge in [-0.25, -0.2) is 0 Å². The Bertz CT molecular complexity index is 252. The van der Waals surface area contributed by atoms with Crippen LogP contribution in [-0.4, -0.2) is 62.9 Å². The minimum atomic E-state index is 0. The molecule has 2 atom stereocenters. The fourth-order valence-electron chi connectivity index (χ4n) is 2.77. The van der Waals surface area contributed by atoms with Gasteiger partial charge < -0.3 is 19.7 Å². The fourth-order valence-corrected chi connectivity index (χ4v) is 2.77. The van der Waals surface area contributed by atoms with Crippen LogP contribution in [0, 0.1) is 0 Å². The molecule has 0 aliphatic carbocycles. The highest BCUT2D eigenvalue weighted by atomic mass is 35.5. The molecule has 1 amide bonds. The highest BCUT2D eigenvalue weighted by molar-refractivity contribution is 5.85. The zero-order chi connectivity index (χ0) is 12.1. The predicted molar refractivity (Wildman–Crippen MR) is 71.1 cm³/mol. The Labute approximate surface area is 115 Å². The molecule has 1 N–H and O–H groups in total. The SMILES string of the molecule is COCCOCC(=O)N1C2CCNCC1CC2.Cl. The summed E-state index contributed by atoms with van der Waals surface area (Å²) in [4.78, 5) is 14.2. The molecule has 0 aromatic carbocycles. The van der Waals surface area contributed by atoms with Crippen molar-refractivity contribution in [3.63, 3.8) is 0 Å². The normalized spacial score (nSPS) is 26.6. The molecule has 2 rings (SSSR count). The van der Waals surface area contributed by atoms with E-state index in [1.165, 1.54) is 0 Å². The third kappa shape index (κ3) is 3.82. The van der Waals surface area contributed by atoms with Crippen molar-refractivity contribution < 1.29 is 14.3 Å². The van der Waals surface area contributed by atoms with E-state index in [1.54, 1.807) is 7.11 Å². The lowest BCUT2D eigenvalue weighted by atomic mass is 10.1. The topological polar surface area (TPSA) is 50.8 Å². The van der Waals surface area contributed by atoms with Crippen LogP contribution in [0.2, 0.25) is 0 Å². The Morgan fingerprint density at radius 2 is 2.06 bits per heavy atom. The van der Waals surface area contributed by atoms with Gasteiger partial charge in [-0.15, -0.1) is 12.4 Å². The largest absolute Gasteiger partial charge is 0.382 e. The Kier molecular flexibility index (Phi) is 6.92. The number of rotatable bonds is 5. The van der Waals surface area contributed by atoms with Gasteiger partial charge in [0, 0.05) is 25.7 Å². The van der Waals surface area contributed by atoms with Gasteiger partial charge in [0.25, 0.3) is 0 Å². The van der Waals surface area contributed by atoms with E-state index in [2.05, 4.69) is 5.32 Å². The van der Waals surface area contributed by atoms with E-state index < -0.39 is 0 Å². The summed E-state index contributed by atoms with van der Waals surface area (Å²) in [6.07, 6.45) is 3.35. The molecular formula is C12H23ClN2O3. The molecule has 2 unspecified atom stereocenters. The van der Waals surface area contributed by atoms with Gasteiger partial charge in [-0.3, -0.25) is 4.79 Å². The first kappa shape index (κ1) is 15.7. The van der Waals surface area contributed by atoms with E-state index in [-0.39, 0.29) is 24.9 Å². The summed E-state index contributed by atoms with van der Waals surface area (Å²) in [5, 5.41) is 3.39. The number of hydrogen-bond acceptors (Lipinski definition) is 4. The third-order valence-corrected chi connectivity index (χ3v) is 3.60. The van der Waals surface area contributed by atoms with Crippen molar-refractivity contribution in [2.75, 3.05) is 40.0 Å². The molecule has 0 radical (unpaired) electrons. The number of amides is 1. The quantitative estimate of drug-likeness (QED) is 0.741. The number of halogens is 1. The van der Waals surface area contributed by atoms with Crippen LogP contribution in [0.3, 0.4) is 0 Å². The van der Waals surface area contributed by atoms with Gasteiger partial charge in [0.05, 0.1) is 13.2 Å². The summed E-state index contributed by atoms with van der Waals surface area (Å²) in [6, 6.07) is 0.801. The summed E-state index contributed by atoms with van der Waals surface area (Å²) in [6.45, 7) is 3.18. The molecule has 106 valence electrons. The molecule has 2 aliphatic heterocycles. The Morgan fingerprint density at radius 3 is 2.83 bits per heavy atom. The maximum absolute atomic E-state index is 12.1. The smallest absolute Gasteiger partial charge is 0.249 e. The molecule has 2 fully saturated rings. The van der Waals surface area contributed by atoms with Crippen molar-refractivity contribution in [1.82, 2.24) is 10.2 Å². The van der Waals surface area contributed by atoms with Crippen molar-refractivity contribution >= 4 is 18.3 Å². The van der Waals surface area contributed by atoms with Crippen LogP contribution in [0.15, 0.2) is 0 Å². The lowest BCUT2D eigenvalue weighted by molar-refractivity contribution is -0.139. The van der Waals surface area contributed by atoms with Crippen LogP contribution in [-0.2, 0) is 14.3 Å². The lowest BCUT2D eigenvalue weighted by Gasteiger charge is -2.27. The van der Waals surface area contributed by atoms with Crippen molar-refractivity contribution in [2.24, 2.45) is 0 Å². The Morgan fingerprint density at radius 1 is 1.28 bits per heavy atom. The molecule has 0 aromatic heterocycles. The van der Waals surface area contributed by atoms with Crippen LogP contribution in [0.1, 0.15) is 19.3 Å². The number of fused-ring (bicyclic) bond motifs is 2. The molecule has 0 saturated carbocycles.